The van der Waals surface area contributed by atoms with Crippen molar-refractivity contribution in [2.45, 2.75) is 44.5 Å². The van der Waals surface area contributed by atoms with Crippen molar-refractivity contribution in [2.75, 3.05) is 6.54 Å². The first kappa shape index (κ1) is 17.2. The summed E-state index contributed by atoms with van der Waals surface area (Å²) < 4.78 is 15.0. The first-order valence-corrected chi connectivity index (χ1v) is 8.63. The van der Waals surface area contributed by atoms with E-state index in [1.165, 1.54) is 24.0 Å². The van der Waals surface area contributed by atoms with Crippen LogP contribution < -0.4 is 0 Å². The highest BCUT2D eigenvalue weighted by Gasteiger charge is 2.50. The number of unbranched alkanes of at least 4 members (excludes halogenated alkanes) is 1. The second-order valence-corrected chi connectivity index (χ2v) is 8.19. The smallest absolute Gasteiger partial charge is 0.254 e. The molecule has 1 heterocycles. The summed E-state index contributed by atoms with van der Waals surface area (Å²) in [5.41, 5.74) is 0.298. The Morgan fingerprint density at radius 1 is 1.45 bits per heavy atom. The first-order valence-electron chi connectivity index (χ1n) is 7.41. The first-order chi connectivity index (χ1) is 10.4. The highest BCUT2D eigenvalue weighted by molar-refractivity contribution is 8.24. The van der Waals surface area contributed by atoms with Crippen molar-refractivity contribution >= 4 is 34.5 Å². The van der Waals surface area contributed by atoms with Gasteiger partial charge in [-0.15, -0.1) is 0 Å². The van der Waals surface area contributed by atoms with Crippen molar-refractivity contribution in [2.24, 2.45) is 0 Å². The Morgan fingerprint density at radius 2 is 2.14 bits per heavy atom. The van der Waals surface area contributed by atoms with Gasteiger partial charge in [0.15, 0.2) is 6.21 Å². The van der Waals surface area contributed by atoms with Crippen LogP contribution in [0.25, 0.3) is 0 Å². The van der Waals surface area contributed by atoms with Gasteiger partial charge in [0.25, 0.3) is 6.17 Å². The minimum Gasteiger partial charge on any atom is -0.622 e. The molecular weight excluding hydrogens is 319 g/mol. The summed E-state index contributed by atoms with van der Waals surface area (Å²) in [6.07, 6.45) is 2.92. The number of nitrogens with zero attached hydrogens (tertiary/aromatic N) is 2. The van der Waals surface area contributed by atoms with E-state index in [1.807, 2.05) is 18.7 Å². The molecule has 22 heavy (non-hydrogen) atoms. The molecule has 1 aromatic carbocycles. The summed E-state index contributed by atoms with van der Waals surface area (Å²) in [5.74, 6) is -0.394. The van der Waals surface area contributed by atoms with Crippen LogP contribution in [0.2, 0.25) is 0 Å². The molecule has 0 aromatic heterocycles. The number of benzene rings is 1. The van der Waals surface area contributed by atoms with Crippen molar-refractivity contribution in [3.05, 3.63) is 40.9 Å². The molecule has 120 valence electrons. The number of thioether (sulfide) groups is 1. The predicted octanol–water partition coefficient (Wildman–Crippen LogP) is 3.99. The summed E-state index contributed by atoms with van der Waals surface area (Å²) in [6, 6.07) is 6.29. The van der Waals surface area contributed by atoms with E-state index in [0.717, 1.165) is 28.4 Å². The van der Waals surface area contributed by atoms with E-state index in [9.17, 15) is 9.60 Å². The van der Waals surface area contributed by atoms with Crippen molar-refractivity contribution in [3.63, 3.8) is 0 Å². The third kappa shape index (κ3) is 3.60. The van der Waals surface area contributed by atoms with Crippen LogP contribution in [0, 0.1) is 11.0 Å². The Hall–Kier alpha value is -1.14. The van der Waals surface area contributed by atoms with Gasteiger partial charge in [-0.25, -0.2) is 4.39 Å². The molecule has 6 heteroatoms. The van der Waals surface area contributed by atoms with Crippen LogP contribution >= 0.6 is 24.0 Å². The van der Waals surface area contributed by atoms with Gasteiger partial charge in [0.05, 0.1) is 5.56 Å². The van der Waals surface area contributed by atoms with Gasteiger partial charge in [0.2, 0.25) is 0 Å². The number of rotatable bonds is 5. The van der Waals surface area contributed by atoms with Gasteiger partial charge in [0.1, 0.15) is 14.9 Å². The molecule has 3 nitrogen and oxygen atoms in total. The number of thiocarbonyl (C=S) groups is 1. The lowest BCUT2D eigenvalue weighted by Crippen LogP contribution is -2.48. The lowest BCUT2D eigenvalue weighted by molar-refractivity contribution is -0.523. The molecule has 2 rings (SSSR count). The van der Waals surface area contributed by atoms with E-state index in [4.69, 9.17) is 12.2 Å². The Balaban J connectivity index is 2.33. The summed E-state index contributed by atoms with van der Waals surface area (Å²) in [6.45, 7) is 6.86. The molecule has 1 saturated heterocycles. The third-order valence-electron chi connectivity index (χ3n) is 3.67. The maximum atomic E-state index is 13.8. The van der Waals surface area contributed by atoms with E-state index in [-0.39, 0.29) is 4.75 Å². The van der Waals surface area contributed by atoms with Gasteiger partial charge in [0, 0.05) is 6.54 Å². The average molecular weight is 340 g/mol. The molecule has 1 aromatic rings. The van der Waals surface area contributed by atoms with Crippen LogP contribution in [0.15, 0.2) is 24.3 Å². The van der Waals surface area contributed by atoms with Gasteiger partial charge in [-0.2, -0.15) is 4.74 Å². The molecule has 0 aliphatic carbocycles. The van der Waals surface area contributed by atoms with Gasteiger partial charge < -0.3 is 5.21 Å². The fraction of sp³-hybridized carbons (Fsp3) is 0.500. The lowest BCUT2D eigenvalue weighted by Gasteiger charge is -2.29. The number of hydroxylamine groups is 1. The van der Waals surface area contributed by atoms with Crippen LogP contribution in [0.3, 0.4) is 0 Å². The minimum absolute atomic E-state index is 0.298. The molecule has 0 bridgehead atoms. The van der Waals surface area contributed by atoms with E-state index < -0.39 is 12.0 Å². The standard InChI is InChI=1S/C16H21FN2OS2/c1-4-5-10-18-14(16(2,3)22-15(18)21)19(20)11-12-8-6-7-9-13(12)17/h6-9,11,14H,4-5,10H2,1-3H3/b19-11-/t14-/m1/s1. The van der Waals surface area contributed by atoms with Crippen LogP contribution in [0.5, 0.6) is 0 Å². The summed E-state index contributed by atoms with van der Waals surface area (Å²) in [5, 5.41) is 12.7. The molecule has 0 amide bonds. The van der Waals surface area contributed by atoms with E-state index in [0.29, 0.717) is 5.56 Å². The monoisotopic (exact) mass is 340 g/mol. The Labute approximate surface area is 140 Å². The van der Waals surface area contributed by atoms with E-state index >= 15 is 0 Å². The second-order valence-electron chi connectivity index (χ2n) is 5.90. The molecule has 1 atom stereocenters. The maximum absolute atomic E-state index is 13.8. The topological polar surface area (TPSA) is 29.3 Å². The van der Waals surface area contributed by atoms with E-state index in [2.05, 4.69) is 6.92 Å². The molecule has 0 unspecified atom stereocenters. The van der Waals surface area contributed by atoms with Crippen molar-refractivity contribution in [3.8, 4) is 0 Å². The average Bonchev–Trinajstić information content (AvgIpc) is 2.67. The van der Waals surface area contributed by atoms with Crippen LogP contribution in [-0.4, -0.2) is 37.6 Å². The van der Waals surface area contributed by atoms with Gasteiger partial charge in [-0.05, 0) is 32.4 Å². The van der Waals surface area contributed by atoms with Crippen LogP contribution in [0.1, 0.15) is 39.2 Å². The molecular formula is C16H21FN2OS2. The zero-order chi connectivity index (χ0) is 16.3. The van der Waals surface area contributed by atoms with Crippen LogP contribution in [-0.2, 0) is 0 Å². The summed E-state index contributed by atoms with van der Waals surface area (Å²) in [7, 11) is 0. The number of halogens is 1. The maximum Gasteiger partial charge on any atom is 0.254 e. The van der Waals surface area contributed by atoms with Gasteiger partial charge in [-0.1, -0.05) is 49.5 Å². The van der Waals surface area contributed by atoms with Gasteiger partial charge in [-0.3, -0.25) is 4.90 Å². The second kappa shape index (κ2) is 6.96. The number of hydrogen-bond donors (Lipinski definition) is 0. The third-order valence-corrected chi connectivity index (χ3v) is 5.30. The highest BCUT2D eigenvalue weighted by atomic mass is 32.2. The lowest BCUT2D eigenvalue weighted by atomic mass is 10.1. The van der Waals surface area contributed by atoms with Crippen LogP contribution in [0.4, 0.5) is 4.39 Å². The zero-order valence-corrected chi connectivity index (χ0v) is 14.7. The van der Waals surface area contributed by atoms with Crippen molar-refractivity contribution in [1.82, 2.24) is 4.90 Å². The van der Waals surface area contributed by atoms with Crippen molar-refractivity contribution in [1.29, 1.82) is 0 Å². The SMILES string of the molecule is CCCCN1C(=S)SC(C)(C)[C@H]1/[N+]([O-])=C/c1ccccc1F. The quantitative estimate of drug-likeness (QED) is 0.266. The number of hydrogen-bond acceptors (Lipinski definition) is 3. The zero-order valence-electron chi connectivity index (χ0n) is 13.1. The molecule has 0 radical (unpaired) electrons. The molecule has 1 aliphatic heterocycles. The fourth-order valence-corrected chi connectivity index (χ4v) is 4.52. The minimum atomic E-state index is -0.420. The Morgan fingerprint density at radius 3 is 2.77 bits per heavy atom. The van der Waals surface area contributed by atoms with Gasteiger partial charge >= 0.3 is 0 Å². The molecule has 1 fully saturated rings. The Bertz CT molecular complexity index is 589. The Kier molecular flexibility index (Phi) is 5.45. The summed E-state index contributed by atoms with van der Waals surface area (Å²) >= 11 is 6.96. The molecule has 1 aliphatic rings. The van der Waals surface area contributed by atoms with Crippen molar-refractivity contribution < 1.29 is 9.13 Å². The fourth-order valence-electron chi connectivity index (χ4n) is 2.58. The largest absolute Gasteiger partial charge is 0.622 e. The normalized spacial score (nSPS) is 21.5. The molecule has 0 N–H and O–H groups in total. The predicted molar refractivity (Wildman–Crippen MR) is 94.9 cm³/mol. The van der Waals surface area contributed by atoms with E-state index in [1.54, 1.807) is 18.2 Å². The summed E-state index contributed by atoms with van der Waals surface area (Å²) in [4.78, 5) is 1.97. The molecule has 0 saturated carbocycles. The molecule has 0 spiro atoms. The highest BCUT2D eigenvalue weighted by Crippen LogP contribution is 2.41.